The van der Waals surface area contributed by atoms with E-state index < -0.39 is 0 Å². The summed E-state index contributed by atoms with van der Waals surface area (Å²) in [5.41, 5.74) is 6.61. The molecule has 0 aliphatic heterocycles. The van der Waals surface area contributed by atoms with Crippen LogP contribution in [-0.2, 0) is 16.0 Å². The van der Waals surface area contributed by atoms with E-state index in [2.05, 4.69) is 4.74 Å². The van der Waals surface area contributed by atoms with E-state index >= 15 is 0 Å². The maximum Gasteiger partial charge on any atom is 0.305 e. The number of aromatic hydroxyl groups is 1. The third-order valence-electron chi connectivity index (χ3n) is 2.38. The van der Waals surface area contributed by atoms with Gasteiger partial charge in [0.1, 0.15) is 5.02 Å². The lowest BCUT2D eigenvalue weighted by Crippen LogP contribution is -2.04. The number of nitrogen functional groups attached to an aromatic ring is 1. The van der Waals surface area contributed by atoms with Crippen molar-refractivity contribution in [2.75, 3.05) is 20.0 Å². The maximum absolute atomic E-state index is 11.0. The highest BCUT2D eigenvalue weighted by Gasteiger charge is 2.15. The molecule has 0 saturated carbocycles. The Balaban J connectivity index is 2.99. The second-order valence-electron chi connectivity index (χ2n) is 3.39. The largest absolute Gasteiger partial charge is 0.503 e. The van der Waals surface area contributed by atoms with Gasteiger partial charge in [-0.25, -0.2) is 0 Å². The van der Waals surface area contributed by atoms with Gasteiger partial charge < -0.3 is 20.3 Å². The highest BCUT2D eigenvalue weighted by Crippen LogP contribution is 2.40. The Morgan fingerprint density at radius 2 is 2.18 bits per heavy atom. The molecule has 1 rings (SSSR count). The normalized spacial score (nSPS) is 10.1. The molecule has 0 radical (unpaired) electrons. The number of anilines is 1. The fourth-order valence-electron chi connectivity index (χ4n) is 1.38. The Bertz CT molecular complexity index is 434. The van der Waals surface area contributed by atoms with Crippen LogP contribution in [0.1, 0.15) is 12.0 Å². The predicted octanol–water partition coefficient (Wildman–Crippen LogP) is 1.74. The molecule has 0 aliphatic rings. The van der Waals surface area contributed by atoms with Crippen LogP contribution < -0.4 is 10.5 Å². The molecule has 0 saturated heterocycles. The molecule has 1 aromatic rings. The molecule has 1 aromatic carbocycles. The summed E-state index contributed by atoms with van der Waals surface area (Å²) in [6.45, 7) is 0. The zero-order valence-corrected chi connectivity index (χ0v) is 10.4. The molecule has 3 N–H and O–H groups in total. The maximum atomic E-state index is 11.0. The van der Waals surface area contributed by atoms with E-state index in [0.717, 1.165) is 0 Å². The van der Waals surface area contributed by atoms with Crippen molar-refractivity contribution < 1.29 is 19.4 Å². The fraction of sp³-hybridized carbons (Fsp3) is 0.364. The van der Waals surface area contributed by atoms with Gasteiger partial charge in [0.2, 0.25) is 0 Å². The first-order chi connectivity index (χ1) is 8.01. The second kappa shape index (κ2) is 5.63. The third kappa shape index (κ3) is 2.94. The van der Waals surface area contributed by atoms with Gasteiger partial charge in [-0.3, -0.25) is 4.79 Å². The minimum atomic E-state index is -0.340. The van der Waals surface area contributed by atoms with Crippen LogP contribution in [0, 0.1) is 0 Å². The Hall–Kier alpha value is -1.62. The van der Waals surface area contributed by atoms with Gasteiger partial charge in [0.25, 0.3) is 0 Å². The molecule has 0 spiro atoms. The molecule has 0 bridgehead atoms. The number of carbonyl (C=O) groups excluding carboxylic acids is 1. The molecule has 0 fully saturated rings. The molecule has 0 atom stereocenters. The molecule has 0 amide bonds. The van der Waals surface area contributed by atoms with Gasteiger partial charge in [-0.05, 0) is 18.1 Å². The van der Waals surface area contributed by atoms with Gasteiger partial charge in [-0.2, -0.15) is 0 Å². The van der Waals surface area contributed by atoms with Crippen molar-refractivity contribution in [3.63, 3.8) is 0 Å². The lowest BCUT2D eigenvalue weighted by molar-refractivity contribution is -0.140. The Labute approximate surface area is 104 Å². The molecule has 0 aliphatic carbocycles. The monoisotopic (exact) mass is 259 g/mol. The summed E-state index contributed by atoms with van der Waals surface area (Å²) >= 11 is 5.84. The number of rotatable bonds is 4. The minimum absolute atomic E-state index is 0.0317. The molecule has 6 heteroatoms. The quantitative estimate of drug-likeness (QED) is 0.636. The molecular formula is C11H14ClNO4. The van der Waals surface area contributed by atoms with E-state index in [1.807, 2.05) is 0 Å². The summed E-state index contributed by atoms with van der Waals surface area (Å²) in [4.78, 5) is 11.0. The van der Waals surface area contributed by atoms with Crippen LogP contribution in [0.15, 0.2) is 6.07 Å². The van der Waals surface area contributed by atoms with Crippen molar-refractivity contribution in [3.8, 4) is 11.5 Å². The second-order valence-corrected chi connectivity index (χ2v) is 3.77. The number of phenols is 1. The highest BCUT2D eigenvalue weighted by molar-refractivity contribution is 6.35. The molecule has 0 unspecified atom stereocenters. The topological polar surface area (TPSA) is 81.8 Å². The van der Waals surface area contributed by atoms with Gasteiger partial charge in [0, 0.05) is 6.42 Å². The number of aryl methyl sites for hydroxylation is 1. The highest BCUT2D eigenvalue weighted by atomic mass is 35.5. The van der Waals surface area contributed by atoms with E-state index in [9.17, 15) is 9.90 Å². The number of phenolic OH excluding ortho intramolecular Hbond substituents is 1. The first kappa shape index (κ1) is 13.4. The lowest BCUT2D eigenvalue weighted by Gasteiger charge is -2.12. The summed E-state index contributed by atoms with van der Waals surface area (Å²) in [6.07, 6.45) is 0.555. The predicted molar refractivity (Wildman–Crippen MR) is 64.4 cm³/mol. The zero-order chi connectivity index (χ0) is 13.0. The first-order valence-corrected chi connectivity index (χ1v) is 5.29. The van der Waals surface area contributed by atoms with Crippen molar-refractivity contribution >= 4 is 23.3 Å². The number of esters is 1. The fourth-order valence-corrected chi connectivity index (χ4v) is 1.60. The Morgan fingerprint density at radius 3 is 2.71 bits per heavy atom. The van der Waals surface area contributed by atoms with E-state index in [1.165, 1.54) is 14.2 Å². The smallest absolute Gasteiger partial charge is 0.305 e. The number of ether oxygens (including phenoxy) is 2. The summed E-state index contributed by atoms with van der Waals surface area (Å²) in [5.74, 6) is -0.315. The lowest BCUT2D eigenvalue weighted by atomic mass is 10.1. The van der Waals surface area contributed by atoms with Crippen LogP contribution in [0.2, 0.25) is 5.02 Å². The van der Waals surface area contributed by atoms with Crippen LogP contribution in [-0.4, -0.2) is 25.3 Å². The van der Waals surface area contributed by atoms with Crippen LogP contribution in [0.25, 0.3) is 0 Å². The van der Waals surface area contributed by atoms with Crippen molar-refractivity contribution in [2.24, 2.45) is 0 Å². The van der Waals surface area contributed by atoms with Gasteiger partial charge in [-0.1, -0.05) is 11.6 Å². The van der Waals surface area contributed by atoms with Crippen LogP contribution in [0.3, 0.4) is 0 Å². The Morgan fingerprint density at radius 1 is 1.53 bits per heavy atom. The minimum Gasteiger partial charge on any atom is -0.503 e. The summed E-state index contributed by atoms with van der Waals surface area (Å²) in [5, 5.41) is 9.63. The molecule has 5 nitrogen and oxygen atoms in total. The molecule has 94 valence electrons. The number of carbonyl (C=O) groups is 1. The van der Waals surface area contributed by atoms with Gasteiger partial charge >= 0.3 is 5.97 Å². The number of methoxy groups -OCH3 is 2. The first-order valence-electron chi connectivity index (χ1n) is 4.91. The molecular weight excluding hydrogens is 246 g/mol. The number of benzene rings is 1. The van der Waals surface area contributed by atoms with Crippen molar-refractivity contribution in [1.82, 2.24) is 0 Å². The number of hydrogen-bond acceptors (Lipinski definition) is 5. The average molecular weight is 260 g/mol. The van der Waals surface area contributed by atoms with E-state index in [0.29, 0.717) is 12.0 Å². The molecule has 0 aromatic heterocycles. The van der Waals surface area contributed by atoms with Crippen molar-refractivity contribution in [3.05, 3.63) is 16.7 Å². The standard InChI is InChI=1S/C11H14ClNO4/c1-16-7-5-6(3-4-8(14)17-2)10(13)9(12)11(7)15/h5,15H,3-4,13H2,1-2H3. The number of hydrogen-bond donors (Lipinski definition) is 2. The number of halogens is 1. The van der Waals surface area contributed by atoms with E-state index in [1.54, 1.807) is 6.07 Å². The van der Waals surface area contributed by atoms with Gasteiger partial charge in [0.15, 0.2) is 11.5 Å². The SMILES string of the molecule is COC(=O)CCc1cc(OC)c(O)c(Cl)c1N. The van der Waals surface area contributed by atoms with Crippen LogP contribution >= 0.6 is 11.6 Å². The van der Waals surface area contributed by atoms with Crippen LogP contribution in [0.4, 0.5) is 5.69 Å². The summed E-state index contributed by atoms with van der Waals surface area (Å²) < 4.78 is 9.48. The van der Waals surface area contributed by atoms with Crippen LogP contribution in [0.5, 0.6) is 11.5 Å². The average Bonchev–Trinajstić information content (AvgIpc) is 2.34. The van der Waals surface area contributed by atoms with Crippen molar-refractivity contribution in [1.29, 1.82) is 0 Å². The van der Waals surface area contributed by atoms with Gasteiger partial charge in [0.05, 0.1) is 19.9 Å². The zero-order valence-electron chi connectivity index (χ0n) is 9.62. The summed E-state index contributed by atoms with van der Waals surface area (Å²) in [6, 6.07) is 1.56. The third-order valence-corrected chi connectivity index (χ3v) is 2.76. The Kier molecular flexibility index (Phi) is 4.45. The van der Waals surface area contributed by atoms with Crippen molar-refractivity contribution in [2.45, 2.75) is 12.8 Å². The van der Waals surface area contributed by atoms with Gasteiger partial charge in [-0.15, -0.1) is 0 Å². The summed E-state index contributed by atoms with van der Waals surface area (Å²) in [7, 11) is 2.72. The van der Waals surface area contributed by atoms with E-state index in [4.69, 9.17) is 22.1 Å². The molecule has 0 heterocycles. The number of nitrogens with two attached hydrogens (primary N) is 1. The molecule has 17 heavy (non-hydrogen) atoms. The van der Waals surface area contributed by atoms with E-state index in [-0.39, 0.29) is 34.6 Å².